The van der Waals surface area contributed by atoms with Crippen molar-refractivity contribution in [3.8, 4) is 0 Å². The van der Waals surface area contributed by atoms with Crippen LogP contribution >= 0.6 is 0 Å². The number of aliphatic hydroxyl groups excluding tert-OH is 4. The quantitative estimate of drug-likeness (QED) is 0.123. The van der Waals surface area contributed by atoms with Gasteiger partial charge in [-0.2, -0.15) is 0 Å². The number of aliphatic hydroxyl groups is 4. The fourth-order valence-corrected chi connectivity index (χ4v) is 5.62. The first-order chi connectivity index (χ1) is 19.3. The van der Waals surface area contributed by atoms with Crippen molar-refractivity contribution in [3.63, 3.8) is 0 Å². The van der Waals surface area contributed by atoms with E-state index in [1.54, 1.807) is 0 Å². The van der Waals surface area contributed by atoms with Crippen molar-refractivity contribution >= 4 is 0 Å². The molecule has 6 N–H and O–H groups in total. The molecule has 0 unspecified atom stereocenters. The molecular weight excluding hydrogens is 528 g/mol. The summed E-state index contributed by atoms with van der Waals surface area (Å²) >= 11 is 0. The highest BCUT2D eigenvalue weighted by atomic mass is 16.5. The predicted molar refractivity (Wildman–Crippen MR) is 162 cm³/mol. The van der Waals surface area contributed by atoms with Gasteiger partial charge < -0.3 is 50.0 Å². The summed E-state index contributed by atoms with van der Waals surface area (Å²) in [5.41, 5.74) is 0. The molecule has 0 spiro atoms. The summed E-state index contributed by atoms with van der Waals surface area (Å²) in [7, 11) is 3.02. The Morgan fingerprint density at radius 2 is 0.829 bits per heavy atom. The van der Waals surface area contributed by atoms with E-state index < -0.39 is 36.6 Å². The Morgan fingerprint density at radius 1 is 0.463 bits per heavy atom. The van der Waals surface area contributed by atoms with Gasteiger partial charge in [0.15, 0.2) is 0 Å². The van der Waals surface area contributed by atoms with Gasteiger partial charge in [0, 0.05) is 27.4 Å². The molecule has 0 aromatic heterocycles. The smallest absolute Gasteiger partial charge is 0.113 e. The van der Waals surface area contributed by atoms with E-state index in [4.69, 9.17) is 18.9 Å². The van der Waals surface area contributed by atoms with Crippen molar-refractivity contribution in [1.82, 2.24) is 10.6 Å². The lowest BCUT2D eigenvalue weighted by Gasteiger charge is -2.35. The second-order valence-electron chi connectivity index (χ2n) is 11.6. The van der Waals surface area contributed by atoms with Crippen LogP contribution in [0.5, 0.6) is 0 Å². The summed E-state index contributed by atoms with van der Waals surface area (Å²) < 4.78 is 21.9. The van der Waals surface area contributed by atoms with E-state index in [-0.39, 0.29) is 43.8 Å². The van der Waals surface area contributed by atoms with E-state index >= 15 is 0 Å². The third kappa shape index (κ3) is 11.2. The monoisotopic (exact) mass is 592 g/mol. The maximum atomic E-state index is 10.1. The van der Waals surface area contributed by atoms with Gasteiger partial charge in [0.2, 0.25) is 0 Å². The Kier molecular flexibility index (Phi) is 19.3. The van der Waals surface area contributed by atoms with Crippen molar-refractivity contribution in [1.29, 1.82) is 0 Å². The van der Waals surface area contributed by atoms with Gasteiger partial charge in [-0.05, 0) is 12.8 Å². The minimum absolute atomic E-state index is 0. The van der Waals surface area contributed by atoms with Crippen LogP contribution in [-0.2, 0) is 18.9 Å². The van der Waals surface area contributed by atoms with Gasteiger partial charge in [-0.15, -0.1) is 0 Å². The first kappa shape index (κ1) is 38.6. The number of fused-ring (bicyclic) bond motifs is 2. The minimum Gasteiger partial charge on any atom is -0.389 e. The topological polar surface area (TPSA) is 162 Å². The Balaban J connectivity index is 0.000000355. The van der Waals surface area contributed by atoms with Crippen LogP contribution in [0.4, 0.5) is 0 Å². The van der Waals surface area contributed by atoms with E-state index in [1.807, 2.05) is 0 Å². The molecule has 41 heavy (non-hydrogen) atoms. The van der Waals surface area contributed by atoms with Crippen molar-refractivity contribution < 1.29 is 39.4 Å². The van der Waals surface area contributed by atoms with Gasteiger partial charge in [0.05, 0.1) is 36.4 Å². The SMILES string of the molecule is C.CCCC.CCCCCCO[C@@H]1[C@@H](O)[C@H](OC)[C@@H](O)[C@H]2N[C@H]21.CCCCCCO[C@H]1[C@H](O)[C@@H](OC)[C@H](O)[C@H]2N[C@H]21. The third-order valence-electron chi connectivity index (χ3n) is 8.45. The van der Waals surface area contributed by atoms with Gasteiger partial charge in [-0.1, -0.05) is 86.5 Å². The number of hydrogen-bond donors (Lipinski definition) is 6. The Bertz CT molecular complexity index is 608. The molecule has 246 valence electrons. The molecule has 0 bridgehead atoms. The van der Waals surface area contributed by atoms with Gasteiger partial charge in [0.1, 0.15) is 36.6 Å². The number of ether oxygens (including phenoxy) is 4. The second kappa shape index (κ2) is 20.5. The van der Waals surface area contributed by atoms with E-state index in [9.17, 15) is 20.4 Å². The average Bonchev–Trinajstić information content (AvgIpc) is 3.88. The molecule has 2 saturated carbocycles. The van der Waals surface area contributed by atoms with Crippen molar-refractivity contribution in [3.05, 3.63) is 0 Å². The standard InChI is InChI=1S/2C13H25NO4.C4H10.CH4/c2*1-3-4-5-6-7-18-12-9-8(14-9)10(15)13(17-2)11(12)16;1-3-4-2;/h2*8-16H,3-7H2,1-2H3;3-4H2,1-2H3;1H4/t8-,9+,10+,11-,12+,13-;8-,9+,10-,11+,12-,13+;;/m00../s1. The number of rotatable bonds is 15. The summed E-state index contributed by atoms with van der Waals surface area (Å²) in [6.07, 6.45) is 7.44. The zero-order chi connectivity index (χ0) is 29.7. The maximum Gasteiger partial charge on any atom is 0.113 e. The first-order valence-corrected chi connectivity index (χ1v) is 15.9. The van der Waals surface area contributed by atoms with E-state index in [1.165, 1.54) is 52.7 Å². The van der Waals surface area contributed by atoms with Crippen molar-refractivity contribution in [2.75, 3.05) is 27.4 Å². The molecule has 2 heterocycles. The van der Waals surface area contributed by atoms with Crippen LogP contribution in [0.2, 0.25) is 0 Å². The van der Waals surface area contributed by atoms with Gasteiger partial charge in [-0.25, -0.2) is 0 Å². The lowest BCUT2D eigenvalue weighted by molar-refractivity contribution is -0.151. The van der Waals surface area contributed by atoms with Crippen LogP contribution in [0, 0.1) is 0 Å². The zero-order valence-corrected chi connectivity index (χ0v) is 25.8. The molecule has 2 aliphatic heterocycles. The minimum atomic E-state index is -0.757. The zero-order valence-electron chi connectivity index (χ0n) is 25.8. The summed E-state index contributed by atoms with van der Waals surface area (Å²) in [5, 5.41) is 46.4. The van der Waals surface area contributed by atoms with Crippen LogP contribution in [0.25, 0.3) is 0 Å². The highest BCUT2D eigenvalue weighted by molar-refractivity contribution is 5.17. The second-order valence-corrected chi connectivity index (χ2v) is 11.6. The normalized spacial score (nSPS) is 38.2. The third-order valence-corrected chi connectivity index (χ3v) is 8.45. The van der Waals surface area contributed by atoms with E-state index in [2.05, 4.69) is 38.3 Å². The van der Waals surface area contributed by atoms with Crippen LogP contribution < -0.4 is 10.6 Å². The molecule has 0 radical (unpaired) electrons. The summed E-state index contributed by atoms with van der Waals surface area (Å²) in [6.45, 7) is 10.0. The number of methoxy groups -OCH3 is 2. The molecule has 10 nitrogen and oxygen atoms in total. The van der Waals surface area contributed by atoms with Crippen LogP contribution in [0.15, 0.2) is 0 Å². The molecule has 10 heteroatoms. The maximum absolute atomic E-state index is 10.1. The van der Waals surface area contributed by atoms with E-state index in [0.717, 1.165) is 25.7 Å². The molecule has 0 aromatic rings. The first-order valence-electron chi connectivity index (χ1n) is 15.9. The molecule has 0 amide bonds. The number of unbranched alkanes of at least 4 members (excludes halogenated alkanes) is 7. The molecule has 2 saturated heterocycles. The molecule has 4 aliphatic rings. The molecule has 12 atom stereocenters. The molecule has 2 aliphatic carbocycles. The highest BCUT2D eigenvalue weighted by Crippen LogP contribution is 2.35. The van der Waals surface area contributed by atoms with Gasteiger partial charge in [0.25, 0.3) is 0 Å². The lowest BCUT2D eigenvalue weighted by atomic mass is 9.89. The Morgan fingerprint density at radius 3 is 1.12 bits per heavy atom. The Labute approximate surface area is 249 Å². The Hall–Kier alpha value is -0.400. The van der Waals surface area contributed by atoms with E-state index in [0.29, 0.717) is 13.2 Å². The molecule has 4 fully saturated rings. The van der Waals surface area contributed by atoms with Crippen molar-refractivity contribution in [2.45, 2.75) is 172 Å². The van der Waals surface area contributed by atoms with Crippen LogP contribution in [0.1, 0.15) is 99.3 Å². The predicted octanol–water partition coefficient (Wildman–Crippen LogP) is 2.53. The summed E-state index contributed by atoms with van der Waals surface area (Å²) in [5.74, 6) is 0. The fraction of sp³-hybridized carbons (Fsp3) is 1.00. The van der Waals surface area contributed by atoms with Crippen LogP contribution in [-0.4, -0.2) is 121 Å². The molecular formula is C31H64N2O8. The lowest BCUT2D eigenvalue weighted by Crippen LogP contribution is -2.55. The van der Waals surface area contributed by atoms with Gasteiger partial charge >= 0.3 is 0 Å². The average molecular weight is 593 g/mol. The number of nitrogens with one attached hydrogen (secondary N) is 2. The molecule has 4 rings (SSSR count). The van der Waals surface area contributed by atoms with Gasteiger partial charge in [-0.3, -0.25) is 0 Å². The fourth-order valence-electron chi connectivity index (χ4n) is 5.62. The summed E-state index contributed by atoms with van der Waals surface area (Å²) in [4.78, 5) is 0. The number of hydrogen-bond acceptors (Lipinski definition) is 10. The highest BCUT2D eigenvalue weighted by Gasteiger charge is 2.60. The summed E-state index contributed by atoms with van der Waals surface area (Å²) in [6, 6.07) is 0.179. The largest absolute Gasteiger partial charge is 0.389 e. The molecule has 0 aromatic carbocycles. The van der Waals surface area contributed by atoms with Crippen LogP contribution in [0.3, 0.4) is 0 Å². The van der Waals surface area contributed by atoms with Crippen molar-refractivity contribution in [2.24, 2.45) is 0 Å².